The molecule has 0 spiro atoms. The van der Waals surface area contributed by atoms with Crippen molar-refractivity contribution >= 4 is 33.0 Å². The van der Waals surface area contributed by atoms with Crippen LogP contribution in [0.2, 0.25) is 0 Å². The van der Waals surface area contributed by atoms with Crippen LogP contribution in [0.4, 0.5) is 0 Å². The molecule has 0 aliphatic heterocycles. The predicted molar refractivity (Wildman–Crippen MR) is 131 cm³/mol. The van der Waals surface area contributed by atoms with Gasteiger partial charge in [0, 0.05) is 38.8 Å². The van der Waals surface area contributed by atoms with Gasteiger partial charge in [-0.1, -0.05) is 19.9 Å². The SMILES string of the molecule is CCC(CC)c1cc(C)nn2c(-c3c(C)sc4cc(C(=O)NCOC)ccc34)c(C)nc12. The van der Waals surface area contributed by atoms with E-state index in [9.17, 15) is 4.79 Å². The number of benzene rings is 1. The summed E-state index contributed by atoms with van der Waals surface area (Å²) in [6, 6.07) is 8.04. The van der Waals surface area contributed by atoms with Crippen LogP contribution < -0.4 is 5.32 Å². The summed E-state index contributed by atoms with van der Waals surface area (Å²) in [6.07, 6.45) is 2.15. The number of carbonyl (C=O) groups is 1. The van der Waals surface area contributed by atoms with Crippen LogP contribution in [0.15, 0.2) is 24.3 Å². The summed E-state index contributed by atoms with van der Waals surface area (Å²) < 4.78 is 8.06. The molecule has 32 heavy (non-hydrogen) atoms. The molecule has 0 radical (unpaired) electrons. The molecule has 6 nitrogen and oxygen atoms in total. The maximum atomic E-state index is 12.4. The molecule has 168 valence electrons. The molecule has 0 saturated carbocycles. The Morgan fingerprint density at radius 1 is 1.19 bits per heavy atom. The topological polar surface area (TPSA) is 68.5 Å². The molecular formula is C25H30N4O2S. The highest BCUT2D eigenvalue weighted by molar-refractivity contribution is 7.19. The van der Waals surface area contributed by atoms with E-state index in [1.165, 1.54) is 10.4 Å². The summed E-state index contributed by atoms with van der Waals surface area (Å²) in [5.74, 6) is 0.321. The molecule has 3 aromatic heterocycles. The standard InChI is InChI=1S/C25H30N4O2S/c1-7-17(8-2)20-11-14(3)28-29-23(15(4)27-24(20)29)22-16(5)32-21-12-18(9-10-19(21)22)25(30)26-13-31-6/h9-12,17H,7-8,13H2,1-6H3,(H,26,30). The molecule has 4 rings (SSSR count). The number of methoxy groups -OCH3 is 1. The number of hydrogen-bond acceptors (Lipinski definition) is 5. The zero-order chi connectivity index (χ0) is 23.0. The molecular weight excluding hydrogens is 420 g/mol. The molecule has 4 aromatic rings. The van der Waals surface area contributed by atoms with Crippen LogP contribution in [0.25, 0.3) is 27.0 Å². The highest BCUT2D eigenvalue weighted by atomic mass is 32.1. The first kappa shape index (κ1) is 22.4. The molecule has 0 saturated heterocycles. The average Bonchev–Trinajstić information content (AvgIpc) is 3.26. The number of rotatable bonds is 7. The zero-order valence-corrected chi connectivity index (χ0v) is 20.4. The van der Waals surface area contributed by atoms with Gasteiger partial charge < -0.3 is 10.1 Å². The van der Waals surface area contributed by atoms with E-state index in [4.69, 9.17) is 14.8 Å². The Hall–Kier alpha value is -2.77. The van der Waals surface area contributed by atoms with Crippen LogP contribution >= 0.6 is 11.3 Å². The van der Waals surface area contributed by atoms with Crippen LogP contribution in [0, 0.1) is 20.8 Å². The highest BCUT2D eigenvalue weighted by Crippen LogP contribution is 2.41. The van der Waals surface area contributed by atoms with Crippen molar-refractivity contribution in [1.29, 1.82) is 0 Å². The minimum Gasteiger partial charge on any atom is -0.364 e. The van der Waals surface area contributed by atoms with Gasteiger partial charge in [-0.2, -0.15) is 5.10 Å². The van der Waals surface area contributed by atoms with E-state index in [2.05, 4.69) is 39.1 Å². The lowest BCUT2D eigenvalue weighted by Crippen LogP contribution is -2.25. The van der Waals surface area contributed by atoms with Crippen LogP contribution in [0.5, 0.6) is 0 Å². The number of imidazole rings is 1. The van der Waals surface area contributed by atoms with E-state index in [-0.39, 0.29) is 12.6 Å². The third-order valence-electron chi connectivity index (χ3n) is 6.08. The minimum atomic E-state index is -0.139. The van der Waals surface area contributed by atoms with Crippen LogP contribution in [0.3, 0.4) is 0 Å². The second-order valence-electron chi connectivity index (χ2n) is 8.22. The van der Waals surface area contributed by atoms with E-state index in [1.807, 2.05) is 29.6 Å². The lowest BCUT2D eigenvalue weighted by atomic mass is 9.95. The zero-order valence-electron chi connectivity index (χ0n) is 19.6. The first-order valence-electron chi connectivity index (χ1n) is 11.1. The van der Waals surface area contributed by atoms with Crippen molar-refractivity contribution in [2.24, 2.45) is 0 Å². The van der Waals surface area contributed by atoms with Crippen LogP contribution in [-0.2, 0) is 4.74 Å². The number of nitrogens with zero attached hydrogens (tertiary/aromatic N) is 3. The Bertz CT molecular complexity index is 1300. The summed E-state index contributed by atoms with van der Waals surface area (Å²) in [4.78, 5) is 18.5. The second-order valence-corrected chi connectivity index (χ2v) is 9.48. The molecule has 0 bridgehead atoms. The third-order valence-corrected chi connectivity index (χ3v) is 7.14. The lowest BCUT2D eigenvalue weighted by Gasteiger charge is -2.15. The van der Waals surface area contributed by atoms with E-state index in [0.717, 1.165) is 51.2 Å². The van der Waals surface area contributed by atoms with Gasteiger partial charge in [-0.05, 0) is 57.7 Å². The number of ether oxygens (including phenoxy) is 1. The fourth-order valence-electron chi connectivity index (χ4n) is 4.49. The second kappa shape index (κ2) is 9.00. The van der Waals surface area contributed by atoms with Gasteiger partial charge in [0.2, 0.25) is 0 Å². The van der Waals surface area contributed by atoms with E-state index in [0.29, 0.717) is 11.5 Å². The molecule has 1 aromatic carbocycles. The molecule has 0 aliphatic rings. The Morgan fingerprint density at radius 3 is 2.62 bits per heavy atom. The van der Waals surface area contributed by atoms with Crippen molar-refractivity contribution in [3.05, 3.63) is 51.7 Å². The number of carbonyl (C=O) groups excluding carboxylic acids is 1. The quantitative estimate of drug-likeness (QED) is 0.363. The summed E-state index contributed by atoms with van der Waals surface area (Å²) in [5, 5.41) is 8.74. The summed E-state index contributed by atoms with van der Waals surface area (Å²) in [7, 11) is 1.56. The molecule has 0 atom stereocenters. The average molecular weight is 451 g/mol. The smallest absolute Gasteiger partial charge is 0.253 e. The highest BCUT2D eigenvalue weighted by Gasteiger charge is 2.23. The predicted octanol–water partition coefficient (Wildman–Crippen LogP) is 5.77. The Kier molecular flexibility index (Phi) is 6.31. The van der Waals surface area contributed by atoms with Crippen LogP contribution in [-0.4, -0.2) is 34.3 Å². The Balaban J connectivity index is 1.91. The maximum absolute atomic E-state index is 12.4. The Morgan fingerprint density at radius 2 is 1.94 bits per heavy atom. The molecule has 7 heteroatoms. The fraction of sp³-hybridized carbons (Fsp3) is 0.400. The minimum absolute atomic E-state index is 0.139. The van der Waals surface area contributed by atoms with Crippen molar-refractivity contribution in [1.82, 2.24) is 19.9 Å². The van der Waals surface area contributed by atoms with Gasteiger partial charge in [0.15, 0.2) is 5.65 Å². The molecule has 3 heterocycles. The van der Waals surface area contributed by atoms with Crippen molar-refractivity contribution < 1.29 is 9.53 Å². The molecule has 1 amide bonds. The van der Waals surface area contributed by atoms with Gasteiger partial charge in [0.1, 0.15) is 6.73 Å². The van der Waals surface area contributed by atoms with E-state index in [1.54, 1.807) is 18.4 Å². The number of aryl methyl sites for hydroxylation is 3. The van der Waals surface area contributed by atoms with E-state index >= 15 is 0 Å². The molecule has 0 aliphatic carbocycles. The van der Waals surface area contributed by atoms with Gasteiger partial charge in [-0.3, -0.25) is 4.79 Å². The first-order valence-corrected chi connectivity index (χ1v) is 11.9. The first-order chi connectivity index (χ1) is 15.4. The lowest BCUT2D eigenvalue weighted by molar-refractivity contribution is 0.0872. The fourth-order valence-corrected chi connectivity index (χ4v) is 5.59. The van der Waals surface area contributed by atoms with Gasteiger partial charge in [-0.25, -0.2) is 9.50 Å². The number of thiophene rings is 1. The van der Waals surface area contributed by atoms with Gasteiger partial charge in [-0.15, -0.1) is 11.3 Å². The number of nitrogens with one attached hydrogen (secondary N) is 1. The third kappa shape index (κ3) is 3.80. The van der Waals surface area contributed by atoms with Gasteiger partial charge in [0.25, 0.3) is 5.91 Å². The number of hydrogen-bond donors (Lipinski definition) is 1. The molecule has 1 N–H and O–H groups in total. The van der Waals surface area contributed by atoms with Crippen molar-refractivity contribution in [2.75, 3.05) is 13.8 Å². The van der Waals surface area contributed by atoms with E-state index < -0.39 is 0 Å². The number of amides is 1. The normalized spacial score (nSPS) is 11.7. The monoisotopic (exact) mass is 450 g/mol. The van der Waals surface area contributed by atoms with Gasteiger partial charge in [0.05, 0.1) is 17.1 Å². The number of fused-ring (bicyclic) bond motifs is 2. The van der Waals surface area contributed by atoms with Crippen LogP contribution in [0.1, 0.15) is 64.8 Å². The molecule has 0 fully saturated rings. The van der Waals surface area contributed by atoms with Crippen molar-refractivity contribution in [3.8, 4) is 11.3 Å². The number of aromatic nitrogens is 3. The summed E-state index contributed by atoms with van der Waals surface area (Å²) in [6.45, 7) is 10.9. The van der Waals surface area contributed by atoms with Crippen molar-refractivity contribution in [3.63, 3.8) is 0 Å². The largest absolute Gasteiger partial charge is 0.364 e. The molecule has 0 unspecified atom stereocenters. The summed E-state index contributed by atoms with van der Waals surface area (Å²) >= 11 is 1.69. The Labute approximate surface area is 192 Å². The maximum Gasteiger partial charge on any atom is 0.253 e. The van der Waals surface area contributed by atoms with Gasteiger partial charge >= 0.3 is 0 Å². The summed E-state index contributed by atoms with van der Waals surface area (Å²) in [5.41, 5.74) is 7.00. The van der Waals surface area contributed by atoms with Crippen molar-refractivity contribution in [2.45, 2.75) is 53.4 Å².